The molecule has 1 N–H and O–H groups in total. The highest BCUT2D eigenvalue weighted by molar-refractivity contribution is 7.80. The predicted octanol–water partition coefficient (Wildman–Crippen LogP) is 4.93. The van der Waals surface area contributed by atoms with Crippen molar-refractivity contribution in [1.29, 1.82) is 0 Å². The van der Waals surface area contributed by atoms with Crippen molar-refractivity contribution in [2.75, 3.05) is 12.4 Å². The van der Waals surface area contributed by atoms with Crippen LogP contribution in [0.15, 0.2) is 30.3 Å². The predicted molar refractivity (Wildman–Crippen MR) is 99.3 cm³/mol. The minimum absolute atomic E-state index is 0.248. The summed E-state index contributed by atoms with van der Waals surface area (Å²) in [6.07, 6.45) is 0.837. The Morgan fingerprint density at radius 2 is 1.92 bits per heavy atom. The van der Waals surface area contributed by atoms with Crippen LogP contribution in [-0.4, -0.2) is 12.3 Å². The molecule has 0 unspecified atom stereocenters. The van der Waals surface area contributed by atoms with Gasteiger partial charge in [-0.1, -0.05) is 19.1 Å². The van der Waals surface area contributed by atoms with Crippen LogP contribution in [0, 0.1) is 19.7 Å². The molecule has 24 heavy (non-hydrogen) atoms. The molecule has 0 radical (unpaired) electrons. The topological polar surface area (TPSA) is 30.5 Å². The van der Waals surface area contributed by atoms with Crippen LogP contribution in [0.25, 0.3) is 0 Å². The average molecular weight is 347 g/mol. The second-order valence-corrected chi connectivity index (χ2v) is 5.94. The van der Waals surface area contributed by atoms with Gasteiger partial charge in [-0.15, -0.1) is 0 Å². The van der Waals surface area contributed by atoms with Gasteiger partial charge in [-0.05, 0) is 67.4 Å². The second kappa shape index (κ2) is 8.11. The van der Waals surface area contributed by atoms with Gasteiger partial charge in [0, 0.05) is 11.3 Å². The normalized spacial score (nSPS) is 10.4. The van der Waals surface area contributed by atoms with E-state index in [2.05, 4.69) is 12.2 Å². The first-order valence-corrected chi connectivity index (χ1v) is 8.22. The van der Waals surface area contributed by atoms with Gasteiger partial charge in [0.05, 0.1) is 7.11 Å². The first-order valence-electron chi connectivity index (χ1n) is 7.81. The number of rotatable bonds is 5. The van der Waals surface area contributed by atoms with Gasteiger partial charge in [-0.25, -0.2) is 4.39 Å². The molecule has 0 saturated heterocycles. The molecule has 2 aromatic carbocycles. The summed E-state index contributed by atoms with van der Waals surface area (Å²) in [5.41, 5.74) is 4.77. The number of anilines is 1. The van der Waals surface area contributed by atoms with Gasteiger partial charge in [0.2, 0.25) is 0 Å². The van der Waals surface area contributed by atoms with E-state index in [1.54, 1.807) is 6.07 Å². The zero-order chi connectivity index (χ0) is 17.7. The zero-order valence-electron chi connectivity index (χ0n) is 14.4. The average Bonchev–Trinajstić information content (AvgIpc) is 2.57. The van der Waals surface area contributed by atoms with Crippen molar-refractivity contribution in [2.24, 2.45) is 0 Å². The van der Waals surface area contributed by atoms with Crippen LogP contribution in [0.4, 0.5) is 10.1 Å². The molecular formula is C19H22FNO2S. The van der Waals surface area contributed by atoms with E-state index in [0.29, 0.717) is 0 Å². The molecular weight excluding hydrogens is 325 g/mol. The number of ether oxygens (including phenoxy) is 2. The Morgan fingerprint density at radius 3 is 2.58 bits per heavy atom. The molecule has 2 rings (SSSR count). The number of nitrogens with one attached hydrogen (secondary N) is 1. The molecule has 0 amide bonds. The van der Waals surface area contributed by atoms with Crippen LogP contribution in [0.5, 0.6) is 5.75 Å². The summed E-state index contributed by atoms with van der Waals surface area (Å²) in [6.45, 7) is 6.12. The maximum atomic E-state index is 14.1. The maximum absolute atomic E-state index is 14.1. The van der Waals surface area contributed by atoms with Crippen LogP contribution >= 0.6 is 12.2 Å². The van der Waals surface area contributed by atoms with Crippen LogP contribution in [0.3, 0.4) is 0 Å². The summed E-state index contributed by atoms with van der Waals surface area (Å²) < 4.78 is 24.9. The van der Waals surface area contributed by atoms with E-state index in [9.17, 15) is 4.39 Å². The molecule has 128 valence electrons. The Bertz CT molecular complexity index is 746. The molecule has 2 aromatic rings. The fourth-order valence-electron chi connectivity index (χ4n) is 2.43. The van der Waals surface area contributed by atoms with Crippen molar-refractivity contribution >= 4 is 23.1 Å². The number of halogens is 1. The van der Waals surface area contributed by atoms with Crippen LogP contribution < -0.4 is 10.1 Å². The Labute approximate surface area is 147 Å². The summed E-state index contributed by atoms with van der Waals surface area (Å²) in [4.78, 5) is 0. The fraction of sp³-hybridized carbons (Fsp3) is 0.316. The van der Waals surface area contributed by atoms with Crippen molar-refractivity contribution in [2.45, 2.75) is 33.8 Å². The van der Waals surface area contributed by atoms with Gasteiger partial charge in [0.1, 0.15) is 6.61 Å². The van der Waals surface area contributed by atoms with Crippen molar-refractivity contribution in [3.63, 3.8) is 0 Å². The Hall–Kier alpha value is -2.14. The van der Waals surface area contributed by atoms with Crippen molar-refractivity contribution in [3.8, 4) is 5.75 Å². The highest BCUT2D eigenvalue weighted by Gasteiger charge is 2.12. The molecule has 0 fully saturated rings. The molecule has 0 aliphatic heterocycles. The highest BCUT2D eigenvalue weighted by Crippen LogP contribution is 2.26. The van der Waals surface area contributed by atoms with Gasteiger partial charge in [0.25, 0.3) is 5.17 Å². The number of hydrogen-bond acceptors (Lipinski definition) is 3. The molecule has 3 nitrogen and oxygen atoms in total. The van der Waals surface area contributed by atoms with E-state index in [1.165, 1.54) is 13.2 Å². The Kier molecular flexibility index (Phi) is 6.15. The van der Waals surface area contributed by atoms with Gasteiger partial charge in [-0.3, -0.25) is 0 Å². The summed E-state index contributed by atoms with van der Waals surface area (Å²) >= 11 is 5.07. The van der Waals surface area contributed by atoms with Gasteiger partial charge in [-0.2, -0.15) is 0 Å². The molecule has 0 spiro atoms. The monoisotopic (exact) mass is 347 g/mol. The standard InChI is InChI=1S/C19H22FNO2S/c1-5-14-7-6-8-17(21-19(24)22-4)15(14)11-23-18-10-13(3)12(2)9-16(18)20/h6-10H,5,11H2,1-4H3,(H,21,24). The Morgan fingerprint density at radius 1 is 1.21 bits per heavy atom. The SMILES string of the molecule is CCc1cccc(NC(=S)OC)c1COc1cc(C)c(C)cc1F. The van der Waals surface area contributed by atoms with E-state index in [-0.39, 0.29) is 23.3 Å². The number of aryl methyl sites for hydroxylation is 3. The number of benzene rings is 2. The maximum Gasteiger partial charge on any atom is 0.260 e. The third kappa shape index (κ3) is 4.23. The van der Waals surface area contributed by atoms with Crippen LogP contribution in [0.2, 0.25) is 0 Å². The summed E-state index contributed by atoms with van der Waals surface area (Å²) in [5.74, 6) is -0.0988. The molecule has 0 aliphatic carbocycles. The van der Waals surface area contributed by atoms with E-state index in [1.807, 2.05) is 32.0 Å². The third-order valence-corrected chi connectivity index (χ3v) is 4.27. The van der Waals surface area contributed by atoms with Crippen molar-refractivity contribution < 1.29 is 13.9 Å². The summed E-state index contributed by atoms with van der Waals surface area (Å²) in [7, 11) is 1.51. The molecule has 0 heterocycles. The largest absolute Gasteiger partial charge is 0.486 e. The van der Waals surface area contributed by atoms with Crippen LogP contribution in [0.1, 0.15) is 29.2 Å². The Balaban J connectivity index is 2.28. The smallest absolute Gasteiger partial charge is 0.260 e. The molecule has 5 heteroatoms. The number of thiocarbonyl (C=S) groups is 1. The number of hydrogen-bond donors (Lipinski definition) is 1. The lowest BCUT2D eigenvalue weighted by atomic mass is 10.0. The lowest BCUT2D eigenvalue weighted by molar-refractivity contribution is 0.289. The van der Waals surface area contributed by atoms with Gasteiger partial charge < -0.3 is 14.8 Å². The molecule has 0 atom stereocenters. The summed E-state index contributed by atoms with van der Waals surface area (Å²) in [5, 5.41) is 3.32. The molecule has 0 saturated carbocycles. The van der Waals surface area contributed by atoms with E-state index in [4.69, 9.17) is 21.7 Å². The van der Waals surface area contributed by atoms with E-state index < -0.39 is 0 Å². The van der Waals surface area contributed by atoms with Gasteiger partial charge >= 0.3 is 0 Å². The minimum Gasteiger partial charge on any atom is -0.486 e. The lowest BCUT2D eigenvalue weighted by Crippen LogP contribution is -2.14. The van der Waals surface area contributed by atoms with Crippen molar-refractivity contribution in [3.05, 3.63) is 58.4 Å². The third-order valence-electron chi connectivity index (χ3n) is 4.00. The molecule has 0 bridgehead atoms. The van der Waals surface area contributed by atoms with E-state index in [0.717, 1.165) is 34.4 Å². The zero-order valence-corrected chi connectivity index (χ0v) is 15.2. The lowest BCUT2D eigenvalue weighted by Gasteiger charge is -2.17. The number of methoxy groups -OCH3 is 1. The fourth-order valence-corrected chi connectivity index (χ4v) is 2.54. The summed E-state index contributed by atoms with van der Waals surface area (Å²) in [6, 6.07) is 9.09. The highest BCUT2D eigenvalue weighted by atomic mass is 32.1. The quantitative estimate of drug-likeness (QED) is 0.777. The first kappa shape index (κ1) is 18.2. The second-order valence-electron chi connectivity index (χ2n) is 5.57. The van der Waals surface area contributed by atoms with E-state index >= 15 is 0 Å². The molecule has 0 aromatic heterocycles. The van der Waals surface area contributed by atoms with Crippen LogP contribution in [-0.2, 0) is 17.8 Å². The molecule has 0 aliphatic rings. The first-order chi connectivity index (χ1) is 11.5. The van der Waals surface area contributed by atoms with Crippen molar-refractivity contribution in [1.82, 2.24) is 0 Å². The minimum atomic E-state index is -0.353. The van der Waals surface area contributed by atoms with Gasteiger partial charge in [0.15, 0.2) is 11.6 Å².